The molecule has 0 bridgehead atoms. The van der Waals surface area contributed by atoms with E-state index in [1.807, 2.05) is 6.92 Å². The van der Waals surface area contributed by atoms with E-state index in [2.05, 4.69) is 15.0 Å². The third-order valence-electron chi connectivity index (χ3n) is 3.75. The third-order valence-corrected chi connectivity index (χ3v) is 5.46. The van der Waals surface area contributed by atoms with Crippen molar-refractivity contribution in [1.29, 1.82) is 0 Å². The molecule has 0 radical (unpaired) electrons. The molecule has 3 aromatic rings. The van der Waals surface area contributed by atoms with E-state index in [0.717, 1.165) is 29.8 Å². The number of nitrogens with zero attached hydrogens (tertiary/aromatic N) is 1. The zero-order chi connectivity index (χ0) is 20.3. The van der Waals surface area contributed by atoms with Gasteiger partial charge in [-0.3, -0.25) is 9.52 Å². The second kappa shape index (κ2) is 7.95. The molecule has 9 heteroatoms. The molecule has 1 heterocycles. The third kappa shape index (κ3) is 4.65. The summed E-state index contributed by atoms with van der Waals surface area (Å²) >= 11 is 6.07. The highest BCUT2D eigenvalue weighted by atomic mass is 35.5. The molecule has 2 aromatic carbocycles. The lowest BCUT2D eigenvalue weighted by Gasteiger charge is -2.11. The number of sulfonamides is 1. The minimum absolute atomic E-state index is 0.0236. The molecule has 0 aliphatic heterocycles. The van der Waals surface area contributed by atoms with Crippen LogP contribution in [-0.2, 0) is 10.0 Å². The molecule has 144 valence electrons. The Morgan fingerprint density at radius 2 is 1.79 bits per heavy atom. The number of amides is 1. The van der Waals surface area contributed by atoms with E-state index >= 15 is 0 Å². The first-order valence-corrected chi connectivity index (χ1v) is 9.93. The number of hydrogen-bond acceptors (Lipinski definition) is 4. The summed E-state index contributed by atoms with van der Waals surface area (Å²) in [5.74, 6) is -0.672. The topological polar surface area (TPSA) is 88.2 Å². The fourth-order valence-electron chi connectivity index (χ4n) is 2.29. The van der Waals surface area contributed by atoms with Crippen molar-refractivity contribution in [1.82, 2.24) is 4.98 Å². The van der Waals surface area contributed by atoms with Crippen molar-refractivity contribution in [2.45, 2.75) is 11.8 Å². The predicted molar refractivity (Wildman–Crippen MR) is 106 cm³/mol. The Morgan fingerprint density at radius 3 is 2.43 bits per heavy atom. The summed E-state index contributed by atoms with van der Waals surface area (Å²) in [6.07, 6.45) is 1.61. The highest BCUT2D eigenvalue weighted by Gasteiger charge is 2.17. The van der Waals surface area contributed by atoms with Crippen LogP contribution in [0.1, 0.15) is 15.9 Å². The maximum absolute atomic E-state index is 13.0. The maximum atomic E-state index is 13.0. The number of hydrogen-bond donors (Lipinski definition) is 2. The Morgan fingerprint density at radius 1 is 1.07 bits per heavy atom. The van der Waals surface area contributed by atoms with Gasteiger partial charge in [-0.1, -0.05) is 17.7 Å². The van der Waals surface area contributed by atoms with E-state index < -0.39 is 21.7 Å². The van der Waals surface area contributed by atoms with Gasteiger partial charge in [0.25, 0.3) is 15.9 Å². The van der Waals surface area contributed by atoms with Crippen molar-refractivity contribution in [3.05, 3.63) is 82.8 Å². The largest absolute Gasteiger partial charge is 0.307 e. The fourth-order valence-corrected chi connectivity index (χ4v) is 3.58. The summed E-state index contributed by atoms with van der Waals surface area (Å²) in [6, 6.07) is 12.0. The molecule has 0 unspecified atom stereocenters. The maximum Gasteiger partial charge on any atom is 0.261 e. The average molecular weight is 420 g/mol. The van der Waals surface area contributed by atoms with Gasteiger partial charge in [0.1, 0.15) is 11.6 Å². The smallest absolute Gasteiger partial charge is 0.261 e. The van der Waals surface area contributed by atoms with Gasteiger partial charge in [0.2, 0.25) is 0 Å². The van der Waals surface area contributed by atoms with Crippen molar-refractivity contribution in [2.24, 2.45) is 0 Å². The van der Waals surface area contributed by atoms with Crippen molar-refractivity contribution in [2.75, 3.05) is 10.0 Å². The zero-order valence-electron chi connectivity index (χ0n) is 14.6. The van der Waals surface area contributed by atoms with Gasteiger partial charge in [-0.2, -0.15) is 0 Å². The van der Waals surface area contributed by atoms with Crippen LogP contribution in [0, 0.1) is 12.7 Å². The summed E-state index contributed by atoms with van der Waals surface area (Å²) in [4.78, 5) is 16.4. The molecule has 0 spiro atoms. The number of rotatable bonds is 5. The number of benzene rings is 2. The molecule has 2 N–H and O–H groups in total. The van der Waals surface area contributed by atoms with E-state index in [4.69, 9.17) is 11.6 Å². The zero-order valence-corrected chi connectivity index (χ0v) is 16.2. The highest BCUT2D eigenvalue weighted by molar-refractivity contribution is 7.92. The van der Waals surface area contributed by atoms with Gasteiger partial charge in [0.05, 0.1) is 15.6 Å². The first kappa shape index (κ1) is 19.8. The van der Waals surface area contributed by atoms with Crippen LogP contribution in [0.3, 0.4) is 0 Å². The van der Waals surface area contributed by atoms with Gasteiger partial charge >= 0.3 is 0 Å². The second-order valence-corrected chi connectivity index (χ2v) is 8.02. The molecule has 0 saturated heterocycles. The van der Waals surface area contributed by atoms with E-state index in [0.29, 0.717) is 5.82 Å². The monoisotopic (exact) mass is 419 g/mol. The lowest BCUT2D eigenvalue weighted by atomic mass is 10.2. The second-order valence-electron chi connectivity index (χ2n) is 5.93. The SMILES string of the molecule is Cc1ccc(NC(=O)c2ccc(Cl)c(NS(=O)(=O)c3ccc(F)cc3)c2)nc1. The molecule has 6 nitrogen and oxygen atoms in total. The average Bonchev–Trinajstić information content (AvgIpc) is 2.65. The van der Waals surface area contributed by atoms with Crippen LogP contribution in [0.4, 0.5) is 15.9 Å². The predicted octanol–water partition coefficient (Wildman–Crippen LogP) is 4.24. The number of halogens is 2. The van der Waals surface area contributed by atoms with Crippen molar-refractivity contribution in [3.8, 4) is 0 Å². The van der Waals surface area contributed by atoms with Gasteiger partial charge in [0.15, 0.2) is 0 Å². The molecular weight excluding hydrogens is 405 g/mol. The van der Waals surface area contributed by atoms with E-state index in [-0.39, 0.29) is 21.2 Å². The number of aryl methyl sites for hydroxylation is 1. The Kier molecular flexibility index (Phi) is 5.62. The van der Waals surface area contributed by atoms with Crippen LogP contribution in [0.5, 0.6) is 0 Å². The van der Waals surface area contributed by atoms with E-state index in [1.165, 1.54) is 18.2 Å². The lowest BCUT2D eigenvalue weighted by molar-refractivity contribution is 0.102. The Bertz CT molecular complexity index is 1120. The van der Waals surface area contributed by atoms with Gasteiger partial charge in [-0.15, -0.1) is 0 Å². The van der Waals surface area contributed by atoms with Crippen LogP contribution < -0.4 is 10.0 Å². The van der Waals surface area contributed by atoms with E-state index in [9.17, 15) is 17.6 Å². The number of carbonyl (C=O) groups is 1. The Labute approximate surface area is 166 Å². The summed E-state index contributed by atoms with van der Waals surface area (Å²) in [5.41, 5.74) is 1.15. The summed E-state index contributed by atoms with van der Waals surface area (Å²) < 4.78 is 40.3. The van der Waals surface area contributed by atoms with Crippen molar-refractivity contribution >= 4 is 39.0 Å². The number of pyridine rings is 1. The molecule has 0 fully saturated rings. The first-order valence-electron chi connectivity index (χ1n) is 8.06. The summed E-state index contributed by atoms with van der Waals surface area (Å²) in [7, 11) is -4.00. The standard InChI is InChI=1S/C19H15ClFN3O3S/c1-12-2-9-18(22-11-12)23-19(25)13-3-8-16(20)17(10-13)24-28(26,27)15-6-4-14(21)5-7-15/h2-11,24H,1H3,(H,22,23,25). The molecule has 28 heavy (non-hydrogen) atoms. The van der Waals surface area contributed by atoms with Crippen LogP contribution in [0.25, 0.3) is 0 Å². The Balaban J connectivity index is 1.83. The molecule has 1 amide bonds. The minimum atomic E-state index is -4.00. The fraction of sp³-hybridized carbons (Fsp3) is 0.0526. The quantitative estimate of drug-likeness (QED) is 0.647. The van der Waals surface area contributed by atoms with Crippen molar-refractivity contribution in [3.63, 3.8) is 0 Å². The lowest BCUT2D eigenvalue weighted by Crippen LogP contribution is -2.16. The molecule has 0 saturated carbocycles. The van der Waals surface area contributed by atoms with E-state index in [1.54, 1.807) is 18.3 Å². The van der Waals surface area contributed by atoms with Gasteiger partial charge in [-0.05, 0) is 61.0 Å². The summed E-state index contributed by atoms with van der Waals surface area (Å²) in [6.45, 7) is 1.87. The Hall–Kier alpha value is -2.97. The number of anilines is 2. The molecule has 0 aliphatic rings. The molecular formula is C19H15ClFN3O3S. The van der Waals surface area contributed by atoms with Gasteiger partial charge in [-0.25, -0.2) is 17.8 Å². The molecule has 3 rings (SSSR count). The van der Waals surface area contributed by atoms with Crippen LogP contribution in [0.2, 0.25) is 5.02 Å². The van der Waals surface area contributed by atoms with Crippen LogP contribution in [-0.4, -0.2) is 19.3 Å². The van der Waals surface area contributed by atoms with Crippen LogP contribution in [0.15, 0.2) is 65.7 Å². The first-order chi connectivity index (χ1) is 13.2. The number of carbonyl (C=O) groups excluding carboxylic acids is 1. The minimum Gasteiger partial charge on any atom is -0.307 e. The number of aromatic nitrogens is 1. The van der Waals surface area contributed by atoms with Crippen molar-refractivity contribution < 1.29 is 17.6 Å². The molecule has 1 aromatic heterocycles. The van der Waals surface area contributed by atoms with Crippen LogP contribution >= 0.6 is 11.6 Å². The highest BCUT2D eigenvalue weighted by Crippen LogP contribution is 2.26. The molecule has 0 aliphatic carbocycles. The summed E-state index contributed by atoms with van der Waals surface area (Å²) in [5, 5.41) is 2.73. The van der Waals surface area contributed by atoms with Gasteiger partial charge in [0, 0.05) is 11.8 Å². The number of nitrogens with one attached hydrogen (secondary N) is 2. The van der Waals surface area contributed by atoms with Gasteiger partial charge < -0.3 is 5.32 Å². The normalized spacial score (nSPS) is 11.1. The molecule has 0 atom stereocenters.